The number of amides is 1. The van der Waals surface area contributed by atoms with Crippen molar-refractivity contribution in [1.82, 2.24) is 10.3 Å². The molecule has 1 heterocycles. The van der Waals surface area contributed by atoms with Gasteiger partial charge >= 0.3 is 0 Å². The number of carbonyl (C=O) groups is 1. The van der Waals surface area contributed by atoms with E-state index in [0.29, 0.717) is 17.5 Å². The van der Waals surface area contributed by atoms with Gasteiger partial charge in [-0.1, -0.05) is 26.0 Å². The Balaban J connectivity index is 1.78. The van der Waals surface area contributed by atoms with Crippen LogP contribution in [0.4, 0.5) is 5.82 Å². The fraction of sp³-hybridized carbons (Fsp3) is 0.235. The first-order valence-corrected chi connectivity index (χ1v) is 8.88. The van der Waals surface area contributed by atoms with Crippen molar-refractivity contribution in [3.63, 3.8) is 0 Å². The maximum absolute atomic E-state index is 11.9. The van der Waals surface area contributed by atoms with E-state index in [1.165, 1.54) is 5.56 Å². The number of benzene rings is 1. The number of rotatable bonds is 5. The van der Waals surface area contributed by atoms with Crippen molar-refractivity contribution < 1.29 is 9.53 Å². The van der Waals surface area contributed by atoms with Crippen LogP contribution in [0.15, 0.2) is 42.6 Å². The van der Waals surface area contributed by atoms with E-state index in [9.17, 15) is 4.79 Å². The van der Waals surface area contributed by atoms with Crippen LogP contribution in [-0.2, 0) is 4.79 Å². The minimum absolute atomic E-state index is 0.108. The molecule has 1 aromatic heterocycles. The zero-order chi connectivity index (χ0) is 17.5. The summed E-state index contributed by atoms with van der Waals surface area (Å²) in [7, 11) is 0. The molecular formula is C17H18IN3O2S. The lowest BCUT2D eigenvalue weighted by Gasteiger charge is -2.11. The van der Waals surface area contributed by atoms with Gasteiger partial charge in [0.25, 0.3) is 5.91 Å². The number of nitrogens with one attached hydrogen (secondary N) is 2. The molecule has 1 amide bonds. The Bertz CT molecular complexity index is 703. The predicted molar refractivity (Wildman–Crippen MR) is 107 cm³/mol. The Kier molecular flexibility index (Phi) is 6.92. The molecule has 0 aliphatic rings. The van der Waals surface area contributed by atoms with Gasteiger partial charge in [-0.3, -0.25) is 10.1 Å². The number of pyridine rings is 1. The highest BCUT2D eigenvalue weighted by Gasteiger charge is 2.07. The quantitative estimate of drug-likeness (QED) is 0.532. The number of nitrogens with zero attached hydrogens (tertiary/aromatic N) is 1. The molecule has 2 rings (SSSR count). The molecule has 0 saturated carbocycles. The predicted octanol–water partition coefficient (Wildman–Crippen LogP) is 3.70. The molecule has 0 radical (unpaired) electrons. The van der Waals surface area contributed by atoms with Crippen molar-refractivity contribution in [3.05, 3.63) is 51.7 Å². The highest BCUT2D eigenvalue weighted by atomic mass is 127. The van der Waals surface area contributed by atoms with Gasteiger partial charge in [0.2, 0.25) is 0 Å². The summed E-state index contributed by atoms with van der Waals surface area (Å²) in [5.41, 5.74) is 1.22. The largest absolute Gasteiger partial charge is 0.484 e. The highest BCUT2D eigenvalue weighted by Crippen LogP contribution is 2.18. The van der Waals surface area contributed by atoms with Crippen LogP contribution < -0.4 is 15.4 Å². The van der Waals surface area contributed by atoms with Gasteiger partial charge in [-0.15, -0.1) is 0 Å². The third-order valence-electron chi connectivity index (χ3n) is 3.14. The lowest BCUT2D eigenvalue weighted by atomic mass is 10.0. The molecule has 5 nitrogen and oxygen atoms in total. The maximum atomic E-state index is 11.9. The molecule has 0 aliphatic carbocycles. The van der Waals surface area contributed by atoms with Gasteiger partial charge in [0, 0.05) is 9.77 Å². The van der Waals surface area contributed by atoms with E-state index in [2.05, 4.69) is 52.1 Å². The number of halogens is 1. The van der Waals surface area contributed by atoms with Crippen molar-refractivity contribution in [2.24, 2.45) is 0 Å². The summed E-state index contributed by atoms with van der Waals surface area (Å²) in [4.78, 5) is 16.0. The average Bonchev–Trinajstić information content (AvgIpc) is 2.55. The fourth-order valence-electron chi connectivity index (χ4n) is 1.86. The maximum Gasteiger partial charge on any atom is 0.264 e. The van der Waals surface area contributed by atoms with E-state index in [-0.39, 0.29) is 17.6 Å². The van der Waals surface area contributed by atoms with Crippen LogP contribution in [0.25, 0.3) is 0 Å². The second kappa shape index (κ2) is 8.93. The standard InChI is InChI=1S/C17H18IN3O2S/c1-11(2)12-3-6-14(7-4-12)23-10-16(22)21-17(24)20-15-8-5-13(18)9-19-15/h3-9,11H,10H2,1-2H3,(H2,19,20,21,22,24). The van der Waals surface area contributed by atoms with Gasteiger partial charge in [-0.05, 0) is 70.6 Å². The van der Waals surface area contributed by atoms with Crippen LogP contribution in [0.2, 0.25) is 0 Å². The molecule has 0 saturated heterocycles. The van der Waals surface area contributed by atoms with E-state index in [0.717, 1.165) is 3.57 Å². The van der Waals surface area contributed by atoms with Crippen LogP contribution in [0.1, 0.15) is 25.3 Å². The Morgan fingerprint density at radius 2 is 1.96 bits per heavy atom. The van der Waals surface area contributed by atoms with E-state index in [4.69, 9.17) is 17.0 Å². The van der Waals surface area contributed by atoms with Crippen LogP contribution in [0.5, 0.6) is 5.75 Å². The first-order chi connectivity index (χ1) is 11.4. The minimum Gasteiger partial charge on any atom is -0.484 e. The van der Waals surface area contributed by atoms with Gasteiger partial charge in [0.05, 0.1) is 0 Å². The number of anilines is 1. The van der Waals surface area contributed by atoms with Crippen LogP contribution in [0, 0.1) is 3.57 Å². The van der Waals surface area contributed by atoms with E-state index in [1.807, 2.05) is 30.3 Å². The molecule has 2 N–H and O–H groups in total. The van der Waals surface area contributed by atoms with Crippen molar-refractivity contribution >= 4 is 51.6 Å². The summed E-state index contributed by atoms with van der Waals surface area (Å²) >= 11 is 7.24. The number of ether oxygens (including phenoxy) is 1. The summed E-state index contributed by atoms with van der Waals surface area (Å²) in [5.74, 6) is 1.35. The van der Waals surface area contributed by atoms with Crippen molar-refractivity contribution in [3.8, 4) is 5.75 Å². The summed E-state index contributed by atoms with van der Waals surface area (Å²) in [5, 5.41) is 5.59. The molecule has 7 heteroatoms. The van der Waals surface area contributed by atoms with Crippen molar-refractivity contribution in [1.29, 1.82) is 0 Å². The number of aromatic nitrogens is 1. The normalized spacial score (nSPS) is 10.3. The molecule has 0 aliphatic heterocycles. The second-order valence-electron chi connectivity index (χ2n) is 5.38. The fourth-order valence-corrected chi connectivity index (χ4v) is 2.40. The minimum atomic E-state index is -0.328. The topological polar surface area (TPSA) is 63.2 Å². The summed E-state index contributed by atoms with van der Waals surface area (Å²) in [6, 6.07) is 11.4. The average molecular weight is 455 g/mol. The van der Waals surface area contributed by atoms with E-state index >= 15 is 0 Å². The number of carbonyl (C=O) groups excluding carboxylic acids is 1. The van der Waals surface area contributed by atoms with E-state index in [1.54, 1.807) is 12.3 Å². The molecule has 0 bridgehead atoms. The molecule has 126 valence electrons. The third kappa shape index (κ3) is 6.04. The summed E-state index contributed by atoms with van der Waals surface area (Å²) in [6.45, 7) is 4.14. The lowest BCUT2D eigenvalue weighted by molar-refractivity contribution is -0.121. The van der Waals surface area contributed by atoms with E-state index < -0.39 is 0 Å². The van der Waals surface area contributed by atoms with Gasteiger partial charge in [0.15, 0.2) is 11.7 Å². The smallest absolute Gasteiger partial charge is 0.264 e. The van der Waals surface area contributed by atoms with Gasteiger partial charge < -0.3 is 10.1 Å². The summed E-state index contributed by atoms with van der Waals surface area (Å²) in [6.07, 6.45) is 1.71. The Morgan fingerprint density at radius 3 is 2.54 bits per heavy atom. The number of hydrogen-bond donors (Lipinski definition) is 2. The first kappa shape index (κ1) is 18.6. The number of hydrogen-bond acceptors (Lipinski definition) is 4. The number of thiocarbonyl (C=S) groups is 1. The Hall–Kier alpha value is -1.74. The highest BCUT2D eigenvalue weighted by molar-refractivity contribution is 14.1. The molecule has 24 heavy (non-hydrogen) atoms. The Morgan fingerprint density at radius 1 is 1.25 bits per heavy atom. The zero-order valence-corrected chi connectivity index (χ0v) is 16.3. The molecule has 0 fully saturated rings. The SMILES string of the molecule is CC(C)c1ccc(OCC(=O)NC(=S)Nc2ccc(I)cn2)cc1. The van der Waals surface area contributed by atoms with Crippen LogP contribution >= 0.6 is 34.8 Å². The molecule has 0 unspecified atom stereocenters. The van der Waals surface area contributed by atoms with Crippen LogP contribution in [-0.4, -0.2) is 22.6 Å². The van der Waals surface area contributed by atoms with Gasteiger partial charge in [-0.2, -0.15) is 0 Å². The third-order valence-corrected chi connectivity index (χ3v) is 3.98. The lowest BCUT2D eigenvalue weighted by Crippen LogP contribution is -2.37. The Labute approximate surface area is 160 Å². The zero-order valence-electron chi connectivity index (χ0n) is 13.4. The first-order valence-electron chi connectivity index (χ1n) is 7.39. The molecule has 1 aromatic carbocycles. The molecule has 0 spiro atoms. The van der Waals surface area contributed by atoms with Crippen LogP contribution in [0.3, 0.4) is 0 Å². The van der Waals surface area contributed by atoms with Crippen molar-refractivity contribution in [2.75, 3.05) is 11.9 Å². The summed E-state index contributed by atoms with van der Waals surface area (Å²) < 4.78 is 6.47. The van der Waals surface area contributed by atoms with Gasteiger partial charge in [0.1, 0.15) is 11.6 Å². The monoisotopic (exact) mass is 455 g/mol. The van der Waals surface area contributed by atoms with Gasteiger partial charge in [-0.25, -0.2) is 4.98 Å². The molecule has 2 aromatic rings. The molecule has 0 atom stereocenters. The second-order valence-corrected chi connectivity index (χ2v) is 7.03. The van der Waals surface area contributed by atoms with Crippen molar-refractivity contribution in [2.45, 2.75) is 19.8 Å². The molecular weight excluding hydrogens is 437 g/mol.